The number of oxime groups is 1. The summed E-state index contributed by atoms with van der Waals surface area (Å²) in [5.74, 6) is 0.391. The fraction of sp³-hybridized carbons (Fsp3) is 0.444. The van der Waals surface area contributed by atoms with E-state index >= 15 is 0 Å². The minimum atomic E-state index is -0.113. The smallest absolute Gasteiger partial charge is 0.232 e. The molecule has 0 aromatic carbocycles. The van der Waals surface area contributed by atoms with E-state index in [9.17, 15) is 0 Å². The molecule has 0 radical (unpaired) electrons. The molecule has 1 N–H and O–H groups in total. The third-order valence-electron chi connectivity index (χ3n) is 1.67. The molecule has 0 aliphatic carbocycles. The molecular weight excluding hydrogens is 234 g/mol. The molecule has 1 heterocycles. The zero-order chi connectivity index (χ0) is 11.8. The van der Waals surface area contributed by atoms with Crippen LogP contribution in [0.25, 0.3) is 0 Å². The van der Waals surface area contributed by atoms with Crippen LogP contribution in [-0.2, 0) is 4.74 Å². The molecule has 0 aliphatic heterocycles. The Labute approximate surface area is 97.9 Å². The van der Waals surface area contributed by atoms with Crippen LogP contribution in [0.5, 0.6) is 5.88 Å². The molecule has 0 amide bonds. The van der Waals surface area contributed by atoms with Gasteiger partial charge < -0.3 is 14.7 Å². The summed E-state index contributed by atoms with van der Waals surface area (Å²) in [6, 6.07) is 0. The van der Waals surface area contributed by atoms with E-state index in [0.717, 1.165) is 6.42 Å². The Hall–Kier alpha value is -1.40. The van der Waals surface area contributed by atoms with Crippen LogP contribution in [0.3, 0.4) is 0 Å². The summed E-state index contributed by atoms with van der Waals surface area (Å²) in [6.45, 7) is 1.14. The monoisotopic (exact) mass is 245 g/mol. The third kappa shape index (κ3) is 4.00. The van der Waals surface area contributed by atoms with Gasteiger partial charge in [0.1, 0.15) is 5.69 Å². The maximum Gasteiger partial charge on any atom is 0.232 e. The van der Waals surface area contributed by atoms with Gasteiger partial charge in [-0.05, 0) is 0 Å². The zero-order valence-corrected chi connectivity index (χ0v) is 9.52. The van der Waals surface area contributed by atoms with Crippen molar-refractivity contribution in [2.45, 2.75) is 6.42 Å². The SMILES string of the molecule is COCCCOc1cnc(/C(Cl)=N\O)cn1. The Balaban J connectivity index is 2.45. The van der Waals surface area contributed by atoms with E-state index in [-0.39, 0.29) is 10.9 Å². The summed E-state index contributed by atoms with van der Waals surface area (Å²) in [6.07, 6.45) is 3.56. The highest BCUT2D eigenvalue weighted by Crippen LogP contribution is 2.06. The van der Waals surface area contributed by atoms with Crippen LogP contribution >= 0.6 is 11.6 Å². The Morgan fingerprint density at radius 3 is 2.81 bits per heavy atom. The van der Waals surface area contributed by atoms with Gasteiger partial charge in [-0.1, -0.05) is 16.8 Å². The molecule has 6 nitrogen and oxygen atoms in total. The average Bonchev–Trinajstić information content (AvgIpc) is 2.34. The van der Waals surface area contributed by atoms with Gasteiger partial charge >= 0.3 is 0 Å². The minimum absolute atomic E-state index is 0.113. The fourth-order valence-corrected chi connectivity index (χ4v) is 1.03. The highest BCUT2D eigenvalue weighted by molar-refractivity contribution is 6.69. The van der Waals surface area contributed by atoms with E-state index < -0.39 is 0 Å². The highest BCUT2D eigenvalue weighted by Gasteiger charge is 2.03. The Morgan fingerprint density at radius 1 is 1.44 bits per heavy atom. The largest absolute Gasteiger partial charge is 0.476 e. The summed E-state index contributed by atoms with van der Waals surface area (Å²) in [4.78, 5) is 7.85. The molecule has 0 unspecified atom stereocenters. The summed E-state index contributed by atoms with van der Waals surface area (Å²) in [7, 11) is 1.63. The van der Waals surface area contributed by atoms with Gasteiger partial charge in [-0.15, -0.1) is 0 Å². The van der Waals surface area contributed by atoms with Gasteiger partial charge in [0.2, 0.25) is 5.88 Å². The predicted molar refractivity (Wildman–Crippen MR) is 58.2 cm³/mol. The molecule has 0 bridgehead atoms. The number of halogens is 1. The van der Waals surface area contributed by atoms with E-state index in [1.165, 1.54) is 12.4 Å². The number of ether oxygens (including phenoxy) is 2. The molecule has 0 aliphatic rings. The first-order valence-corrected chi connectivity index (χ1v) is 4.97. The van der Waals surface area contributed by atoms with Crippen LogP contribution < -0.4 is 4.74 Å². The van der Waals surface area contributed by atoms with E-state index in [1.807, 2.05) is 0 Å². The second-order valence-corrected chi connectivity index (χ2v) is 3.18. The molecule has 0 atom stereocenters. The van der Waals surface area contributed by atoms with E-state index in [1.54, 1.807) is 7.11 Å². The first-order chi connectivity index (χ1) is 7.77. The van der Waals surface area contributed by atoms with Crippen molar-refractivity contribution >= 4 is 16.8 Å². The first kappa shape index (κ1) is 12.7. The number of hydrogen-bond acceptors (Lipinski definition) is 6. The van der Waals surface area contributed by atoms with Crippen LogP contribution in [0.4, 0.5) is 0 Å². The number of nitrogens with zero attached hydrogens (tertiary/aromatic N) is 3. The standard InChI is InChI=1S/C9H12ClN3O3/c1-15-3-2-4-16-8-6-11-7(5-12-8)9(10)13-14/h5-6,14H,2-4H2,1H3/b13-9+. The molecule has 0 saturated carbocycles. The van der Waals surface area contributed by atoms with E-state index in [0.29, 0.717) is 19.1 Å². The predicted octanol–water partition coefficient (Wildman–Crippen LogP) is 1.27. The van der Waals surface area contributed by atoms with Gasteiger partial charge in [-0.3, -0.25) is 0 Å². The van der Waals surface area contributed by atoms with Crippen molar-refractivity contribution in [3.8, 4) is 5.88 Å². The van der Waals surface area contributed by atoms with Crippen molar-refractivity contribution < 1.29 is 14.7 Å². The summed E-state index contributed by atoms with van der Waals surface area (Å²) in [5, 5.41) is 11.1. The lowest BCUT2D eigenvalue weighted by Crippen LogP contribution is -2.04. The minimum Gasteiger partial charge on any atom is -0.476 e. The molecule has 16 heavy (non-hydrogen) atoms. The van der Waals surface area contributed by atoms with Crippen LogP contribution in [0.15, 0.2) is 17.5 Å². The third-order valence-corrected chi connectivity index (χ3v) is 1.94. The highest BCUT2D eigenvalue weighted by atomic mass is 35.5. The van der Waals surface area contributed by atoms with Crippen molar-refractivity contribution in [2.24, 2.45) is 5.16 Å². The molecule has 88 valence electrons. The van der Waals surface area contributed by atoms with Gasteiger partial charge in [0, 0.05) is 20.1 Å². The molecule has 1 rings (SSSR count). The number of hydrogen-bond donors (Lipinski definition) is 1. The van der Waals surface area contributed by atoms with Gasteiger partial charge in [-0.25, -0.2) is 9.97 Å². The molecule has 1 aromatic heterocycles. The summed E-state index contributed by atoms with van der Waals surface area (Å²) >= 11 is 5.53. The second kappa shape index (κ2) is 6.97. The topological polar surface area (TPSA) is 76.8 Å². The number of aromatic nitrogens is 2. The van der Waals surface area contributed by atoms with E-state index in [4.69, 9.17) is 26.3 Å². The van der Waals surface area contributed by atoms with E-state index in [2.05, 4.69) is 15.1 Å². The Kier molecular flexibility index (Phi) is 5.52. The Bertz CT molecular complexity index is 342. The molecule has 7 heteroatoms. The van der Waals surface area contributed by atoms with Gasteiger partial charge in [-0.2, -0.15) is 0 Å². The van der Waals surface area contributed by atoms with Crippen molar-refractivity contribution in [3.63, 3.8) is 0 Å². The zero-order valence-electron chi connectivity index (χ0n) is 8.76. The van der Waals surface area contributed by atoms with Crippen LogP contribution in [0.2, 0.25) is 0 Å². The maximum absolute atomic E-state index is 8.40. The molecule has 0 saturated heterocycles. The molecule has 0 spiro atoms. The quantitative estimate of drug-likeness (QED) is 0.353. The van der Waals surface area contributed by atoms with Crippen LogP contribution in [0, 0.1) is 0 Å². The lowest BCUT2D eigenvalue weighted by atomic mass is 10.5. The number of rotatable bonds is 6. The Morgan fingerprint density at radius 2 is 2.25 bits per heavy atom. The average molecular weight is 246 g/mol. The van der Waals surface area contributed by atoms with Crippen LogP contribution in [0.1, 0.15) is 12.1 Å². The normalized spacial score (nSPS) is 11.5. The van der Waals surface area contributed by atoms with Crippen molar-refractivity contribution in [3.05, 3.63) is 18.1 Å². The van der Waals surface area contributed by atoms with Gasteiger partial charge in [0.25, 0.3) is 0 Å². The fourth-order valence-electron chi connectivity index (χ4n) is 0.928. The lowest BCUT2D eigenvalue weighted by Gasteiger charge is -2.04. The number of methoxy groups -OCH3 is 1. The van der Waals surface area contributed by atoms with Crippen molar-refractivity contribution in [1.29, 1.82) is 0 Å². The summed E-state index contributed by atoms with van der Waals surface area (Å²) in [5.41, 5.74) is 0.286. The van der Waals surface area contributed by atoms with Crippen LogP contribution in [-0.4, -0.2) is 40.7 Å². The first-order valence-electron chi connectivity index (χ1n) is 4.59. The molecular formula is C9H12ClN3O3. The van der Waals surface area contributed by atoms with Gasteiger partial charge in [0.15, 0.2) is 5.17 Å². The van der Waals surface area contributed by atoms with Gasteiger partial charge in [0.05, 0.1) is 19.0 Å². The molecule has 1 aromatic rings. The molecule has 0 fully saturated rings. The second-order valence-electron chi connectivity index (χ2n) is 2.83. The van der Waals surface area contributed by atoms with Crippen molar-refractivity contribution in [1.82, 2.24) is 9.97 Å². The van der Waals surface area contributed by atoms with Crippen molar-refractivity contribution in [2.75, 3.05) is 20.3 Å². The summed E-state index contributed by atoms with van der Waals surface area (Å²) < 4.78 is 10.1. The lowest BCUT2D eigenvalue weighted by molar-refractivity contribution is 0.170. The maximum atomic E-state index is 8.40.